The molecule has 0 heterocycles. The van der Waals surface area contributed by atoms with Crippen molar-refractivity contribution in [2.75, 3.05) is 24.7 Å². The van der Waals surface area contributed by atoms with E-state index in [9.17, 15) is 18.5 Å². The molecule has 0 amide bonds. The molecule has 0 unspecified atom stereocenters. The van der Waals surface area contributed by atoms with Crippen molar-refractivity contribution in [2.45, 2.75) is 18.2 Å². The summed E-state index contributed by atoms with van der Waals surface area (Å²) in [7, 11) is -3.91. The molecule has 0 radical (unpaired) electrons. The average molecular weight is 334 g/mol. The van der Waals surface area contributed by atoms with Crippen molar-refractivity contribution in [1.29, 1.82) is 0 Å². The van der Waals surface area contributed by atoms with E-state index in [0.717, 1.165) is 5.75 Å². The third-order valence-electron chi connectivity index (χ3n) is 2.64. The molecule has 21 heavy (non-hydrogen) atoms. The predicted molar refractivity (Wildman–Crippen MR) is 82.0 cm³/mol. The highest BCUT2D eigenvalue weighted by atomic mass is 32.2. The van der Waals surface area contributed by atoms with Crippen molar-refractivity contribution in [3.8, 4) is 0 Å². The van der Waals surface area contributed by atoms with Gasteiger partial charge in [-0.15, -0.1) is 0 Å². The highest BCUT2D eigenvalue weighted by Crippen LogP contribution is 2.26. The Kier molecular flexibility index (Phi) is 7.09. The van der Waals surface area contributed by atoms with E-state index in [0.29, 0.717) is 17.7 Å². The number of nitrogens with zero attached hydrogens (tertiary/aromatic N) is 1. The van der Waals surface area contributed by atoms with Crippen LogP contribution in [-0.4, -0.2) is 43.1 Å². The monoisotopic (exact) mass is 334 g/mol. The zero-order chi connectivity index (χ0) is 15.9. The Hall–Kier alpha value is -1.16. The van der Waals surface area contributed by atoms with Crippen molar-refractivity contribution in [1.82, 2.24) is 4.72 Å². The largest absolute Gasteiger partial charge is 0.396 e. The van der Waals surface area contributed by atoms with Crippen LogP contribution >= 0.6 is 11.8 Å². The first-order chi connectivity index (χ1) is 9.90. The Balaban J connectivity index is 2.77. The van der Waals surface area contributed by atoms with Crippen molar-refractivity contribution in [3.63, 3.8) is 0 Å². The van der Waals surface area contributed by atoms with Gasteiger partial charge in [0.1, 0.15) is 0 Å². The van der Waals surface area contributed by atoms with Crippen molar-refractivity contribution >= 4 is 27.5 Å². The fourth-order valence-corrected chi connectivity index (χ4v) is 4.06. The third kappa shape index (κ3) is 5.27. The lowest BCUT2D eigenvalue weighted by molar-refractivity contribution is -0.387. The van der Waals surface area contributed by atoms with Gasteiger partial charge in [0, 0.05) is 25.0 Å². The lowest BCUT2D eigenvalue weighted by Crippen LogP contribution is -2.27. The lowest BCUT2D eigenvalue weighted by Gasteiger charge is -2.09. The molecule has 2 N–H and O–H groups in total. The van der Waals surface area contributed by atoms with Crippen molar-refractivity contribution < 1.29 is 18.4 Å². The zero-order valence-corrected chi connectivity index (χ0v) is 13.2. The lowest BCUT2D eigenvalue weighted by atomic mass is 10.2. The molecule has 0 saturated heterocycles. The minimum atomic E-state index is -3.91. The Morgan fingerprint density at radius 2 is 2.10 bits per heavy atom. The number of nitrogens with one attached hydrogen (secondary N) is 1. The van der Waals surface area contributed by atoms with Crippen LogP contribution in [0, 0.1) is 17.0 Å². The molecular formula is C12H18N2O5S2. The summed E-state index contributed by atoms with van der Waals surface area (Å²) in [5, 5.41) is 19.6. The van der Waals surface area contributed by atoms with Crippen LogP contribution in [0.2, 0.25) is 0 Å². The molecule has 7 nitrogen and oxygen atoms in total. The molecule has 0 aromatic heterocycles. The van der Waals surface area contributed by atoms with Crippen LogP contribution in [0.4, 0.5) is 5.69 Å². The van der Waals surface area contributed by atoms with Gasteiger partial charge in [0.2, 0.25) is 10.0 Å². The molecule has 1 aromatic carbocycles. The molecule has 0 saturated carbocycles. The second kappa shape index (κ2) is 8.32. The van der Waals surface area contributed by atoms with Gasteiger partial charge in [0.05, 0.1) is 4.92 Å². The van der Waals surface area contributed by atoms with Gasteiger partial charge in [-0.25, -0.2) is 13.1 Å². The van der Waals surface area contributed by atoms with Gasteiger partial charge in [-0.05, 0) is 24.7 Å². The van der Waals surface area contributed by atoms with Crippen LogP contribution in [-0.2, 0) is 10.0 Å². The summed E-state index contributed by atoms with van der Waals surface area (Å²) >= 11 is 1.51. The summed E-state index contributed by atoms with van der Waals surface area (Å²) in [6.45, 7) is 1.82. The van der Waals surface area contributed by atoms with E-state index in [1.54, 1.807) is 0 Å². The highest BCUT2D eigenvalue weighted by molar-refractivity contribution is 7.99. The van der Waals surface area contributed by atoms with E-state index in [4.69, 9.17) is 5.11 Å². The third-order valence-corrected chi connectivity index (χ3v) is 5.36. The van der Waals surface area contributed by atoms with Crippen LogP contribution in [0.15, 0.2) is 23.1 Å². The molecule has 0 spiro atoms. The highest BCUT2D eigenvalue weighted by Gasteiger charge is 2.27. The number of nitro groups is 1. The molecule has 0 fully saturated rings. The average Bonchev–Trinajstić information content (AvgIpc) is 2.42. The Labute approximate surface area is 128 Å². The normalized spacial score (nSPS) is 11.5. The van der Waals surface area contributed by atoms with Crippen LogP contribution in [0.1, 0.15) is 12.0 Å². The second-order valence-corrected chi connectivity index (χ2v) is 7.20. The van der Waals surface area contributed by atoms with Crippen LogP contribution < -0.4 is 4.72 Å². The van der Waals surface area contributed by atoms with Crippen molar-refractivity contribution in [3.05, 3.63) is 33.9 Å². The van der Waals surface area contributed by atoms with Gasteiger partial charge < -0.3 is 5.11 Å². The van der Waals surface area contributed by atoms with E-state index in [2.05, 4.69) is 4.72 Å². The summed E-state index contributed by atoms with van der Waals surface area (Å²) in [5.41, 5.74) is -0.0833. The molecule has 0 aliphatic rings. The minimum absolute atomic E-state index is 0.105. The first-order valence-electron chi connectivity index (χ1n) is 6.32. The summed E-state index contributed by atoms with van der Waals surface area (Å²) < 4.78 is 26.8. The number of hydrogen-bond acceptors (Lipinski definition) is 6. The van der Waals surface area contributed by atoms with Gasteiger partial charge in [-0.1, -0.05) is 12.1 Å². The first kappa shape index (κ1) is 17.9. The Morgan fingerprint density at radius 3 is 2.71 bits per heavy atom. The number of hydrogen-bond donors (Lipinski definition) is 2. The van der Waals surface area contributed by atoms with Gasteiger partial charge in [-0.3, -0.25) is 10.1 Å². The standard InChI is InChI=1S/C12H18N2O5S2/c1-10-4-2-5-11(14(16)17)12(10)21(18,19)13-6-9-20-8-3-7-15/h2,4-5,13,15H,3,6-9H2,1H3. The maximum atomic E-state index is 12.2. The van der Waals surface area contributed by atoms with E-state index in [1.165, 1.54) is 36.9 Å². The number of aliphatic hydroxyl groups excluding tert-OH is 1. The molecule has 1 rings (SSSR count). The minimum Gasteiger partial charge on any atom is -0.396 e. The Morgan fingerprint density at radius 1 is 1.38 bits per heavy atom. The number of sulfonamides is 1. The van der Waals surface area contributed by atoms with Crippen LogP contribution in [0.5, 0.6) is 0 Å². The van der Waals surface area contributed by atoms with Gasteiger partial charge in [0.15, 0.2) is 4.90 Å². The number of aryl methyl sites for hydroxylation is 1. The SMILES string of the molecule is Cc1cccc([N+](=O)[O-])c1S(=O)(=O)NCCSCCCO. The predicted octanol–water partition coefficient (Wildman–Crippen LogP) is 1.30. The molecule has 9 heteroatoms. The van der Waals surface area contributed by atoms with Gasteiger partial charge >= 0.3 is 0 Å². The number of aliphatic hydroxyl groups is 1. The van der Waals surface area contributed by atoms with Gasteiger partial charge in [0.25, 0.3) is 5.69 Å². The molecule has 0 atom stereocenters. The summed E-state index contributed by atoms with van der Waals surface area (Å²) in [6, 6.07) is 4.16. The maximum Gasteiger partial charge on any atom is 0.289 e. The number of thioether (sulfide) groups is 1. The summed E-state index contributed by atoms with van der Waals surface area (Å²) in [5.74, 6) is 1.28. The van der Waals surface area contributed by atoms with Crippen LogP contribution in [0.3, 0.4) is 0 Å². The summed E-state index contributed by atoms with van der Waals surface area (Å²) in [6.07, 6.45) is 0.653. The van der Waals surface area contributed by atoms with Crippen molar-refractivity contribution in [2.24, 2.45) is 0 Å². The number of nitro benzene ring substituents is 1. The van der Waals surface area contributed by atoms with E-state index in [-0.39, 0.29) is 18.0 Å². The molecule has 0 aliphatic carbocycles. The first-order valence-corrected chi connectivity index (χ1v) is 8.96. The Bertz CT molecular complexity index is 589. The van der Waals surface area contributed by atoms with E-state index in [1.807, 2.05) is 0 Å². The second-order valence-electron chi connectivity index (χ2n) is 4.27. The maximum absolute atomic E-state index is 12.2. The van der Waals surface area contributed by atoms with Gasteiger partial charge in [-0.2, -0.15) is 11.8 Å². The molecular weight excluding hydrogens is 316 g/mol. The number of rotatable bonds is 9. The quantitative estimate of drug-likeness (QED) is 0.400. The molecule has 0 bridgehead atoms. The molecule has 0 aliphatic heterocycles. The summed E-state index contributed by atoms with van der Waals surface area (Å²) in [4.78, 5) is 9.98. The zero-order valence-electron chi connectivity index (χ0n) is 11.6. The number of benzene rings is 1. The van der Waals surface area contributed by atoms with Crippen LogP contribution in [0.25, 0.3) is 0 Å². The fourth-order valence-electron chi connectivity index (χ4n) is 1.72. The topological polar surface area (TPSA) is 110 Å². The smallest absolute Gasteiger partial charge is 0.289 e. The fraction of sp³-hybridized carbons (Fsp3) is 0.500. The molecule has 118 valence electrons. The van der Waals surface area contributed by atoms with E-state index < -0.39 is 20.6 Å². The van der Waals surface area contributed by atoms with E-state index >= 15 is 0 Å². The molecule has 1 aromatic rings.